The molecule has 4 rings (SSSR count). The van der Waals surface area contributed by atoms with E-state index in [4.69, 9.17) is 9.47 Å². The number of hydrogen-bond acceptors (Lipinski definition) is 6. The van der Waals surface area contributed by atoms with Crippen molar-refractivity contribution in [3.05, 3.63) is 52.1 Å². The Labute approximate surface area is 145 Å². The van der Waals surface area contributed by atoms with Crippen LogP contribution in [0.15, 0.2) is 41.5 Å². The van der Waals surface area contributed by atoms with Crippen LogP contribution in [-0.2, 0) is 0 Å². The number of aromatic amines is 1. The number of fused-ring (bicyclic) bond motifs is 1. The average Bonchev–Trinajstić information content (AvgIpc) is 3.34. The van der Waals surface area contributed by atoms with Gasteiger partial charge in [-0.3, -0.25) is 9.89 Å². The van der Waals surface area contributed by atoms with Gasteiger partial charge in [0.15, 0.2) is 16.6 Å². The zero-order valence-electron chi connectivity index (χ0n) is 12.7. The monoisotopic (exact) mass is 358 g/mol. The normalized spacial score (nSPS) is 12.7. The summed E-state index contributed by atoms with van der Waals surface area (Å²) >= 11 is 0.937. The van der Waals surface area contributed by atoms with Gasteiger partial charge in [0.2, 0.25) is 6.79 Å². The summed E-state index contributed by atoms with van der Waals surface area (Å²) in [5.41, 5.74) is 3.99. The Morgan fingerprint density at radius 1 is 1.28 bits per heavy atom. The number of amides is 1. The summed E-state index contributed by atoms with van der Waals surface area (Å²) in [6, 6.07) is 9.92. The average molecular weight is 358 g/mol. The number of nitrogens with one attached hydrogen (secondary N) is 2. The van der Waals surface area contributed by atoms with Crippen LogP contribution in [0.1, 0.15) is 15.4 Å². The lowest BCUT2D eigenvalue weighted by Crippen LogP contribution is -2.17. The summed E-state index contributed by atoms with van der Waals surface area (Å²) in [5, 5.41) is 10.3. The van der Waals surface area contributed by atoms with Gasteiger partial charge in [-0.25, -0.2) is 5.43 Å². The molecule has 0 unspecified atom stereocenters. The molecular weight excluding hydrogens is 347 g/mol. The summed E-state index contributed by atoms with van der Waals surface area (Å²) < 4.78 is 23.5. The van der Waals surface area contributed by atoms with Crippen molar-refractivity contribution in [2.75, 3.05) is 6.79 Å². The van der Waals surface area contributed by atoms with Gasteiger partial charge in [-0.15, -0.1) is 11.3 Å². The molecule has 1 aliphatic rings. The molecule has 7 nitrogen and oxygen atoms in total. The molecule has 2 aromatic heterocycles. The van der Waals surface area contributed by atoms with Gasteiger partial charge in [-0.05, 0) is 36.4 Å². The molecular formula is C16H11FN4O3S. The van der Waals surface area contributed by atoms with E-state index in [1.165, 1.54) is 12.3 Å². The van der Waals surface area contributed by atoms with E-state index in [9.17, 15) is 9.18 Å². The van der Waals surface area contributed by atoms with Crippen LogP contribution in [0, 0.1) is 5.13 Å². The first-order chi connectivity index (χ1) is 12.2. The van der Waals surface area contributed by atoms with Crippen LogP contribution in [0.3, 0.4) is 0 Å². The maximum atomic E-state index is 12.9. The molecule has 0 radical (unpaired) electrons. The van der Waals surface area contributed by atoms with E-state index in [1.54, 1.807) is 24.3 Å². The Hall–Kier alpha value is -3.20. The third-order valence-electron chi connectivity index (χ3n) is 3.44. The van der Waals surface area contributed by atoms with Gasteiger partial charge in [0.05, 0.1) is 16.8 Å². The highest BCUT2D eigenvalue weighted by Gasteiger charge is 2.16. The van der Waals surface area contributed by atoms with Crippen molar-refractivity contribution in [2.24, 2.45) is 5.10 Å². The van der Waals surface area contributed by atoms with E-state index in [-0.39, 0.29) is 17.6 Å². The maximum Gasteiger partial charge on any atom is 0.289 e. The summed E-state index contributed by atoms with van der Waals surface area (Å²) in [6.07, 6.45) is 1.38. The topological polar surface area (TPSA) is 88.6 Å². The number of aromatic nitrogens is 2. The molecule has 0 aliphatic carbocycles. The number of nitrogens with zero attached hydrogens (tertiary/aromatic N) is 2. The second kappa shape index (κ2) is 6.36. The molecule has 2 N–H and O–H groups in total. The van der Waals surface area contributed by atoms with Gasteiger partial charge in [-0.2, -0.15) is 14.6 Å². The fraction of sp³-hybridized carbons (Fsp3) is 0.0625. The lowest BCUT2D eigenvalue weighted by Gasteiger charge is -1.98. The predicted molar refractivity (Wildman–Crippen MR) is 89.5 cm³/mol. The first kappa shape index (κ1) is 15.3. The highest BCUT2D eigenvalue weighted by atomic mass is 32.1. The SMILES string of the molecule is O=C(NN=Cc1ccc(F)s1)c1cc(-c2ccc3c(c2)OCO3)n[nH]1. The molecule has 0 saturated heterocycles. The standard InChI is InChI=1S/C16H11FN4O3S/c17-15-4-2-10(25-15)7-18-21-16(22)12-6-11(19-20-12)9-1-3-13-14(5-9)24-8-23-13/h1-7H,8H2,(H,19,20)(H,21,22). The quantitative estimate of drug-likeness (QED) is 0.554. The number of hydrogen-bond donors (Lipinski definition) is 2. The molecule has 0 spiro atoms. The third-order valence-corrected chi connectivity index (χ3v) is 4.25. The van der Waals surface area contributed by atoms with Crippen LogP contribution >= 0.6 is 11.3 Å². The highest BCUT2D eigenvalue weighted by Crippen LogP contribution is 2.35. The van der Waals surface area contributed by atoms with Crippen LogP contribution in [0.25, 0.3) is 11.3 Å². The van der Waals surface area contributed by atoms with E-state index in [0.29, 0.717) is 22.1 Å². The Balaban J connectivity index is 1.45. The predicted octanol–water partition coefficient (Wildman–Crippen LogP) is 2.77. The number of halogens is 1. The minimum atomic E-state index is -0.451. The third kappa shape index (κ3) is 3.22. The zero-order valence-corrected chi connectivity index (χ0v) is 13.5. The second-order valence-electron chi connectivity index (χ2n) is 5.08. The molecule has 0 atom stereocenters. The molecule has 1 amide bonds. The minimum Gasteiger partial charge on any atom is -0.454 e. The van der Waals surface area contributed by atoms with Crippen LogP contribution in [0.5, 0.6) is 11.5 Å². The number of ether oxygens (including phenoxy) is 2. The Morgan fingerprint density at radius 2 is 2.16 bits per heavy atom. The molecule has 9 heteroatoms. The lowest BCUT2D eigenvalue weighted by molar-refractivity contribution is 0.0950. The van der Waals surface area contributed by atoms with Gasteiger partial charge in [-0.1, -0.05) is 0 Å². The van der Waals surface area contributed by atoms with E-state index in [2.05, 4.69) is 20.7 Å². The maximum absolute atomic E-state index is 12.9. The molecule has 0 bridgehead atoms. The fourth-order valence-electron chi connectivity index (χ4n) is 2.25. The fourth-order valence-corrected chi connectivity index (χ4v) is 2.86. The minimum absolute atomic E-state index is 0.194. The number of thiophene rings is 1. The Morgan fingerprint density at radius 3 is 3.00 bits per heavy atom. The second-order valence-corrected chi connectivity index (χ2v) is 6.14. The van der Waals surface area contributed by atoms with E-state index >= 15 is 0 Å². The van der Waals surface area contributed by atoms with E-state index in [1.807, 2.05) is 6.07 Å². The molecule has 126 valence electrons. The van der Waals surface area contributed by atoms with Gasteiger partial charge < -0.3 is 9.47 Å². The molecule has 1 aliphatic heterocycles. The first-order valence-corrected chi connectivity index (χ1v) is 8.05. The van der Waals surface area contributed by atoms with Crippen molar-refractivity contribution < 1.29 is 18.7 Å². The van der Waals surface area contributed by atoms with Crippen molar-refractivity contribution >= 4 is 23.5 Å². The molecule has 25 heavy (non-hydrogen) atoms. The number of rotatable bonds is 4. The lowest BCUT2D eigenvalue weighted by atomic mass is 10.1. The van der Waals surface area contributed by atoms with E-state index in [0.717, 1.165) is 16.9 Å². The molecule has 0 fully saturated rings. The van der Waals surface area contributed by atoms with Crippen molar-refractivity contribution in [1.82, 2.24) is 15.6 Å². The number of hydrazone groups is 1. The molecule has 3 heterocycles. The van der Waals surface area contributed by atoms with Gasteiger partial charge in [0.25, 0.3) is 5.91 Å². The van der Waals surface area contributed by atoms with Crippen LogP contribution in [-0.4, -0.2) is 29.1 Å². The summed E-state index contributed by atoms with van der Waals surface area (Å²) in [4.78, 5) is 12.7. The number of carbonyl (C=O) groups excluding carboxylic acids is 1. The number of H-pyrrole nitrogens is 1. The molecule has 1 aromatic carbocycles. The van der Waals surface area contributed by atoms with Crippen LogP contribution in [0.2, 0.25) is 0 Å². The molecule has 3 aromatic rings. The van der Waals surface area contributed by atoms with Crippen molar-refractivity contribution in [3.63, 3.8) is 0 Å². The summed E-state index contributed by atoms with van der Waals surface area (Å²) in [6.45, 7) is 0.194. The Bertz CT molecular complexity index is 966. The van der Waals surface area contributed by atoms with Crippen LogP contribution in [0.4, 0.5) is 4.39 Å². The largest absolute Gasteiger partial charge is 0.454 e. The van der Waals surface area contributed by atoms with Gasteiger partial charge >= 0.3 is 0 Å². The Kier molecular flexibility index (Phi) is 3.90. The zero-order chi connectivity index (χ0) is 17.2. The van der Waals surface area contributed by atoms with Crippen molar-refractivity contribution in [3.8, 4) is 22.8 Å². The number of carbonyl (C=O) groups is 1. The smallest absolute Gasteiger partial charge is 0.289 e. The summed E-state index contributed by atoms with van der Waals surface area (Å²) in [5.74, 6) is 0.864. The van der Waals surface area contributed by atoms with Gasteiger partial charge in [0, 0.05) is 5.56 Å². The first-order valence-electron chi connectivity index (χ1n) is 7.23. The van der Waals surface area contributed by atoms with Crippen molar-refractivity contribution in [2.45, 2.75) is 0 Å². The highest BCUT2D eigenvalue weighted by molar-refractivity contribution is 7.12. The van der Waals surface area contributed by atoms with Crippen LogP contribution < -0.4 is 14.9 Å². The molecule has 0 saturated carbocycles. The summed E-state index contributed by atoms with van der Waals surface area (Å²) in [7, 11) is 0. The number of benzene rings is 1. The van der Waals surface area contributed by atoms with Gasteiger partial charge in [0.1, 0.15) is 5.69 Å². The van der Waals surface area contributed by atoms with E-state index < -0.39 is 5.91 Å². The van der Waals surface area contributed by atoms with Crippen molar-refractivity contribution in [1.29, 1.82) is 0 Å².